The van der Waals surface area contributed by atoms with Gasteiger partial charge in [-0.1, -0.05) is 24.6 Å². The second-order valence-corrected chi connectivity index (χ2v) is 8.97. The Bertz CT molecular complexity index is 931. The Morgan fingerprint density at radius 1 is 1.17 bits per heavy atom. The Hall–Kier alpha value is -2.69. The van der Waals surface area contributed by atoms with Crippen molar-refractivity contribution >= 4 is 29.2 Å². The molecule has 0 bridgehead atoms. The van der Waals surface area contributed by atoms with Crippen LogP contribution >= 0.6 is 0 Å². The zero-order chi connectivity index (χ0) is 19.8. The van der Waals surface area contributed by atoms with Crippen LogP contribution in [0.4, 0.5) is 17.2 Å². The Balaban J connectivity index is 1.60. The Morgan fingerprint density at radius 2 is 1.97 bits per heavy atom. The van der Waals surface area contributed by atoms with E-state index in [4.69, 9.17) is 5.41 Å². The fourth-order valence-electron chi connectivity index (χ4n) is 4.77. The van der Waals surface area contributed by atoms with Crippen molar-refractivity contribution in [2.45, 2.75) is 44.9 Å². The Kier molecular flexibility index (Phi) is 4.61. The molecule has 2 saturated carbocycles. The van der Waals surface area contributed by atoms with E-state index < -0.39 is 0 Å². The summed E-state index contributed by atoms with van der Waals surface area (Å²) in [5.41, 5.74) is 4.40. The van der Waals surface area contributed by atoms with Gasteiger partial charge in [0, 0.05) is 30.4 Å². The van der Waals surface area contributed by atoms with Gasteiger partial charge in [-0.2, -0.15) is 0 Å². The van der Waals surface area contributed by atoms with Crippen LogP contribution in [0.25, 0.3) is 0 Å². The fourth-order valence-corrected chi connectivity index (χ4v) is 4.77. The van der Waals surface area contributed by atoms with Crippen molar-refractivity contribution in [1.29, 1.82) is 5.41 Å². The highest BCUT2D eigenvalue weighted by Gasteiger charge is 2.46. The highest BCUT2D eigenvalue weighted by molar-refractivity contribution is 6.10. The number of aldehydes is 1. The molecule has 1 aromatic heterocycles. The minimum atomic E-state index is 0.300. The van der Waals surface area contributed by atoms with Crippen LogP contribution in [0.5, 0.6) is 0 Å². The van der Waals surface area contributed by atoms with Gasteiger partial charge in [-0.25, -0.2) is 4.98 Å². The predicted molar refractivity (Wildman–Crippen MR) is 117 cm³/mol. The number of hydrogen-bond acceptors (Lipinski definition) is 5. The molecule has 0 unspecified atom stereocenters. The fraction of sp³-hybridized carbons (Fsp3) is 0.458. The number of anilines is 3. The van der Waals surface area contributed by atoms with Crippen LogP contribution in [0.2, 0.25) is 0 Å². The lowest BCUT2D eigenvalue weighted by Gasteiger charge is -2.37. The molecule has 3 aliphatic rings. The molecule has 29 heavy (non-hydrogen) atoms. The van der Waals surface area contributed by atoms with Crippen LogP contribution in [0.1, 0.15) is 61.0 Å². The monoisotopic (exact) mass is 388 g/mol. The number of aromatic nitrogens is 1. The number of pyridine rings is 1. The van der Waals surface area contributed by atoms with Gasteiger partial charge < -0.3 is 15.6 Å². The SMILES string of the molecule is N=C(c1c(N2CCCC3(CC3)C2)cc(C=O)nc1Nc1ccccc1)C1CCC1. The standard InChI is InChI=1S/C24H28N4O/c25-22(17-6-4-7-17)21-20(28-13-5-10-24(16-28)11-12-24)14-19(15-29)27-23(21)26-18-8-2-1-3-9-18/h1-3,8-9,14-15,17,25H,4-7,10-13,16H2,(H,26,27). The van der Waals surface area contributed by atoms with Crippen molar-refractivity contribution in [3.05, 3.63) is 47.7 Å². The number of benzene rings is 1. The van der Waals surface area contributed by atoms with Crippen LogP contribution in [0, 0.1) is 16.7 Å². The first kappa shape index (κ1) is 18.3. The Labute approximate surface area is 172 Å². The number of hydrogen-bond donors (Lipinski definition) is 2. The quantitative estimate of drug-likeness (QED) is 0.528. The summed E-state index contributed by atoms with van der Waals surface area (Å²) in [6.07, 6.45) is 9.25. The van der Waals surface area contributed by atoms with Gasteiger partial charge >= 0.3 is 0 Å². The molecule has 2 heterocycles. The van der Waals surface area contributed by atoms with E-state index in [1.807, 2.05) is 36.4 Å². The molecule has 0 radical (unpaired) electrons. The molecule has 1 spiro atoms. The first-order valence-corrected chi connectivity index (χ1v) is 10.8. The van der Waals surface area contributed by atoms with E-state index >= 15 is 0 Å². The second-order valence-electron chi connectivity index (χ2n) is 8.97. The third kappa shape index (κ3) is 3.54. The zero-order valence-electron chi connectivity index (χ0n) is 16.8. The number of nitrogens with zero attached hydrogens (tertiary/aromatic N) is 2. The Morgan fingerprint density at radius 3 is 2.62 bits per heavy atom. The van der Waals surface area contributed by atoms with Gasteiger partial charge in [-0.3, -0.25) is 4.79 Å². The number of piperidine rings is 1. The third-order valence-corrected chi connectivity index (χ3v) is 6.92. The lowest BCUT2D eigenvalue weighted by molar-refractivity contribution is 0.111. The summed E-state index contributed by atoms with van der Waals surface area (Å²) in [5, 5.41) is 12.4. The molecule has 1 saturated heterocycles. The maximum atomic E-state index is 11.7. The minimum Gasteiger partial charge on any atom is -0.370 e. The number of nitrogens with one attached hydrogen (secondary N) is 2. The maximum Gasteiger partial charge on any atom is 0.168 e. The van der Waals surface area contributed by atoms with Gasteiger partial charge in [0.1, 0.15) is 11.5 Å². The minimum absolute atomic E-state index is 0.300. The molecule has 2 N–H and O–H groups in total. The average Bonchev–Trinajstić information content (AvgIpc) is 3.45. The summed E-state index contributed by atoms with van der Waals surface area (Å²) in [5.74, 6) is 0.941. The van der Waals surface area contributed by atoms with Crippen molar-refractivity contribution < 1.29 is 4.79 Å². The largest absolute Gasteiger partial charge is 0.370 e. The summed E-state index contributed by atoms with van der Waals surface area (Å²) in [6.45, 7) is 2.02. The van der Waals surface area contributed by atoms with Crippen LogP contribution in [0.15, 0.2) is 36.4 Å². The van der Waals surface area contributed by atoms with Gasteiger partial charge in [0.15, 0.2) is 6.29 Å². The van der Waals surface area contributed by atoms with Crippen LogP contribution in [0.3, 0.4) is 0 Å². The smallest absolute Gasteiger partial charge is 0.168 e. The normalized spacial score (nSPS) is 20.2. The van der Waals surface area contributed by atoms with E-state index in [2.05, 4.69) is 15.2 Å². The van der Waals surface area contributed by atoms with Gasteiger partial charge in [0.25, 0.3) is 0 Å². The molecule has 2 aliphatic carbocycles. The third-order valence-electron chi connectivity index (χ3n) is 6.92. The maximum absolute atomic E-state index is 11.7. The summed E-state index contributed by atoms with van der Waals surface area (Å²) in [7, 11) is 0. The van der Waals surface area contributed by atoms with E-state index in [-0.39, 0.29) is 0 Å². The van der Waals surface area contributed by atoms with Crippen LogP contribution in [-0.2, 0) is 0 Å². The summed E-state index contributed by atoms with van der Waals surface area (Å²) >= 11 is 0. The predicted octanol–water partition coefficient (Wildman–Crippen LogP) is 5.19. The molecule has 3 fully saturated rings. The average molecular weight is 389 g/mol. The molecule has 0 amide bonds. The molecule has 0 atom stereocenters. The van der Waals surface area contributed by atoms with Gasteiger partial charge in [-0.15, -0.1) is 0 Å². The zero-order valence-corrected chi connectivity index (χ0v) is 16.8. The van der Waals surface area contributed by atoms with Crippen molar-refractivity contribution in [3.8, 4) is 0 Å². The van der Waals surface area contributed by atoms with Crippen molar-refractivity contribution in [3.63, 3.8) is 0 Å². The van der Waals surface area contributed by atoms with Crippen molar-refractivity contribution in [2.75, 3.05) is 23.3 Å². The van der Waals surface area contributed by atoms with E-state index in [1.165, 1.54) is 32.1 Å². The highest BCUT2D eigenvalue weighted by Crippen LogP contribution is 2.53. The number of carbonyl (C=O) groups is 1. The van der Waals surface area contributed by atoms with Gasteiger partial charge in [-0.05, 0) is 62.1 Å². The lowest BCUT2D eigenvalue weighted by Crippen LogP contribution is -2.38. The van der Waals surface area contributed by atoms with Crippen LogP contribution < -0.4 is 10.2 Å². The number of rotatable bonds is 6. The lowest BCUT2D eigenvalue weighted by atomic mass is 9.78. The molecule has 5 heteroatoms. The molecule has 5 rings (SSSR count). The van der Waals surface area contributed by atoms with E-state index in [9.17, 15) is 4.79 Å². The number of carbonyl (C=O) groups excluding carboxylic acids is 1. The molecular weight excluding hydrogens is 360 g/mol. The molecule has 2 aromatic rings. The van der Waals surface area contributed by atoms with E-state index in [1.54, 1.807) is 0 Å². The summed E-state index contributed by atoms with van der Waals surface area (Å²) < 4.78 is 0. The molecule has 1 aliphatic heterocycles. The van der Waals surface area contributed by atoms with E-state index in [0.29, 0.717) is 28.6 Å². The topological polar surface area (TPSA) is 69.1 Å². The first-order valence-electron chi connectivity index (χ1n) is 10.8. The van der Waals surface area contributed by atoms with Crippen molar-refractivity contribution in [2.24, 2.45) is 11.3 Å². The first-order chi connectivity index (χ1) is 14.2. The summed E-state index contributed by atoms with van der Waals surface area (Å²) in [4.78, 5) is 18.7. The van der Waals surface area contributed by atoms with E-state index in [0.717, 1.165) is 49.2 Å². The molecular formula is C24H28N4O. The molecule has 5 nitrogen and oxygen atoms in total. The molecule has 1 aromatic carbocycles. The second kappa shape index (κ2) is 7.29. The summed E-state index contributed by atoms with van der Waals surface area (Å²) in [6, 6.07) is 11.8. The number of para-hydroxylation sites is 1. The highest BCUT2D eigenvalue weighted by atomic mass is 16.1. The van der Waals surface area contributed by atoms with Gasteiger partial charge in [0.2, 0.25) is 0 Å². The molecule has 150 valence electrons. The van der Waals surface area contributed by atoms with Gasteiger partial charge in [0.05, 0.1) is 11.3 Å². The van der Waals surface area contributed by atoms with Crippen molar-refractivity contribution in [1.82, 2.24) is 4.98 Å². The van der Waals surface area contributed by atoms with Crippen LogP contribution in [-0.4, -0.2) is 30.1 Å².